The number of hydrogen-bond acceptors (Lipinski definition) is 5. The number of hydrogen-bond donors (Lipinski definition) is 0. The normalized spacial score (nSPS) is 11.0. The van der Waals surface area contributed by atoms with Gasteiger partial charge in [0.05, 0.1) is 12.3 Å². The number of rotatable bonds is 5. The zero-order valence-electron chi connectivity index (χ0n) is 13.1. The number of benzene rings is 1. The Labute approximate surface area is 138 Å². The predicted octanol–water partition coefficient (Wildman–Crippen LogP) is 1.41. The number of methoxy groups -OCH3 is 1. The molecule has 8 nitrogen and oxygen atoms in total. The van der Waals surface area contributed by atoms with Crippen LogP contribution in [0.4, 0.5) is 4.79 Å². The molecule has 0 aliphatic carbocycles. The molecule has 1 aromatic carbocycles. The van der Waals surface area contributed by atoms with Crippen molar-refractivity contribution in [3.05, 3.63) is 39.8 Å². The topological polar surface area (TPSA) is 82.2 Å². The van der Waals surface area contributed by atoms with Gasteiger partial charge in [0.25, 0.3) is 0 Å². The number of carbonyl (C=O) groups excluding carboxylic acids is 1. The van der Waals surface area contributed by atoms with E-state index in [2.05, 4.69) is 10.4 Å². The standard InChI is InChI=1S/C14H18ClN5O3/c1-10(2)18(7-8-23-3)13(21)20-14(22)19(16-17-20)12-6-4-5-11(15)9-12/h4-6,9-10H,7-8H2,1-3H3. The van der Waals surface area contributed by atoms with E-state index in [-0.39, 0.29) is 6.04 Å². The van der Waals surface area contributed by atoms with Gasteiger partial charge >= 0.3 is 11.7 Å². The second kappa shape index (κ2) is 7.38. The van der Waals surface area contributed by atoms with Crippen molar-refractivity contribution in [2.75, 3.05) is 20.3 Å². The molecular weight excluding hydrogens is 322 g/mol. The summed E-state index contributed by atoms with van der Waals surface area (Å²) in [6.07, 6.45) is 0. The largest absolute Gasteiger partial charge is 0.383 e. The average molecular weight is 340 g/mol. The lowest BCUT2D eigenvalue weighted by molar-refractivity contribution is 0.135. The van der Waals surface area contributed by atoms with E-state index in [1.54, 1.807) is 31.4 Å². The van der Waals surface area contributed by atoms with Crippen LogP contribution in [0.2, 0.25) is 5.02 Å². The smallest absolute Gasteiger partial charge is 0.377 e. The highest BCUT2D eigenvalue weighted by Crippen LogP contribution is 2.12. The van der Waals surface area contributed by atoms with Crippen LogP contribution in [-0.4, -0.2) is 57.0 Å². The second-order valence-corrected chi connectivity index (χ2v) is 5.56. The summed E-state index contributed by atoms with van der Waals surface area (Å²) in [7, 11) is 1.55. The van der Waals surface area contributed by atoms with Crippen molar-refractivity contribution in [2.24, 2.45) is 0 Å². The summed E-state index contributed by atoms with van der Waals surface area (Å²) in [6.45, 7) is 4.41. The van der Waals surface area contributed by atoms with E-state index in [4.69, 9.17) is 16.3 Å². The highest BCUT2D eigenvalue weighted by Gasteiger charge is 2.23. The van der Waals surface area contributed by atoms with Gasteiger partial charge in [-0.1, -0.05) is 17.7 Å². The van der Waals surface area contributed by atoms with Crippen LogP contribution >= 0.6 is 11.6 Å². The maximum Gasteiger partial charge on any atom is 0.377 e. The summed E-state index contributed by atoms with van der Waals surface area (Å²) in [6, 6.07) is 5.93. The van der Waals surface area contributed by atoms with Gasteiger partial charge in [-0.15, -0.1) is 4.68 Å². The third-order valence-corrected chi connectivity index (χ3v) is 3.46. The van der Waals surface area contributed by atoms with Crippen LogP contribution < -0.4 is 5.69 Å². The number of amides is 1. The van der Waals surface area contributed by atoms with Gasteiger partial charge < -0.3 is 9.64 Å². The fourth-order valence-corrected chi connectivity index (χ4v) is 2.21. The molecule has 0 atom stereocenters. The molecule has 2 aromatic rings. The summed E-state index contributed by atoms with van der Waals surface area (Å²) >= 11 is 5.91. The van der Waals surface area contributed by atoms with Crippen molar-refractivity contribution >= 4 is 17.6 Å². The molecule has 0 bridgehead atoms. The molecule has 0 fully saturated rings. The number of aromatic nitrogens is 4. The van der Waals surface area contributed by atoms with E-state index in [0.717, 1.165) is 9.36 Å². The molecule has 1 amide bonds. The molecular formula is C14H18ClN5O3. The Morgan fingerprint density at radius 2 is 2.13 bits per heavy atom. The van der Waals surface area contributed by atoms with E-state index < -0.39 is 11.7 Å². The zero-order valence-corrected chi connectivity index (χ0v) is 13.9. The third kappa shape index (κ3) is 3.77. The highest BCUT2D eigenvalue weighted by molar-refractivity contribution is 6.30. The molecule has 0 aliphatic rings. The molecule has 0 spiro atoms. The third-order valence-electron chi connectivity index (χ3n) is 3.22. The van der Waals surface area contributed by atoms with Crippen LogP contribution in [0.25, 0.3) is 5.69 Å². The van der Waals surface area contributed by atoms with Crippen LogP contribution in [-0.2, 0) is 4.74 Å². The van der Waals surface area contributed by atoms with Gasteiger partial charge in [0, 0.05) is 24.7 Å². The van der Waals surface area contributed by atoms with Crippen LogP contribution in [0.5, 0.6) is 0 Å². The Hall–Kier alpha value is -2.19. The maximum atomic E-state index is 12.5. The molecule has 0 aliphatic heterocycles. The minimum atomic E-state index is -0.652. The van der Waals surface area contributed by atoms with Gasteiger partial charge in [-0.2, -0.15) is 4.68 Å². The molecule has 1 heterocycles. The number of halogens is 1. The number of carbonyl (C=O) groups is 1. The van der Waals surface area contributed by atoms with Gasteiger partial charge in [-0.25, -0.2) is 9.59 Å². The van der Waals surface area contributed by atoms with Crippen LogP contribution in [0.3, 0.4) is 0 Å². The Balaban J connectivity index is 2.34. The summed E-state index contributed by atoms with van der Waals surface area (Å²) in [5.74, 6) is 0. The lowest BCUT2D eigenvalue weighted by Crippen LogP contribution is -2.45. The van der Waals surface area contributed by atoms with Gasteiger partial charge in [0.1, 0.15) is 0 Å². The first-order valence-corrected chi connectivity index (χ1v) is 7.44. The SMILES string of the molecule is COCCN(C(=O)n1nnn(-c2cccc(Cl)c2)c1=O)C(C)C. The zero-order chi connectivity index (χ0) is 17.0. The van der Waals surface area contributed by atoms with E-state index in [1.807, 2.05) is 13.8 Å². The number of nitrogens with zero attached hydrogens (tertiary/aromatic N) is 5. The monoisotopic (exact) mass is 339 g/mol. The average Bonchev–Trinajstić information content (AvgIpc) is 2.88. The van der Waals surface area contributed by atoms with E-state index in [1.165, 1.54) is 4.90 Å². The first-order valence-electron chi connectivity index (χ1n) is 7.06. The first-order chi connectivity index (χ1) is 11.0. The summed E-state index contributed by atoms with van der Waals surface area (Å²) < 4.78 is 6.75. The Bertz CT molecular complexity index is 740. The predicted molar refractivity (Wildman–Crippen MR) is 85.1 cm³/mol. The van der Waals surface area contributed by atoms with Crippen molar-refractivity contribution in [1.29, 1.82) is 0 Å². The molecule has 23 heavy (non-hydrogen) atoms. The summed E-state index contributed by atoms with van der Waals surface area (Å²) in [4.78, 5) is 26.4. The van der Waals surface area contributed by atoms with E-state index >= 15 is 0 Å². The summed E-state index contributed by atoms with van der Waals surface area (Å²) in [5, 5.41) is 7.88. The number of ether oxygens (including phenoxy) is 1. The van der Waals surface area contributed by atoms with Gasteiger partial charge in [0.2, 0.25) is 0 Å². The van der Waals surface area contributed by atoms with E-state index in [9.17, 15) is 9.59 Å². The fraction of sp³-hybridized carbons (Fsp3) is 0.429. The van der Waals surface area contributed by atoms with Gasteiger partial charge in [-0.05, 0) is 42.5 Å². The highest BCUT2D eigenvalue weighted by atomic mass is 35.5. The Morgan fingerprint density at radius 3 is 2.74 bits per heavy atom. The Kier molecular flexibility index (Phi) is 5.51. The minimum Gasteiger partial charge on any atom is -0.383 e. The van der Waals surface area contributed by atoms with Crippen LogP contribution in [0, 0.1) is 0 Å². The van der Waals surface area contributed by atoms with Crippen molar-refractivity contribution in [2.45, 2.75) is 19.9 Å². The minimum absolute atomic E-state index is 0.110. The molecule has 1 aromatic heterocycles. The van der Waals surface area contributed by atoms with Crippen molar-refractivity contribution < 1.29 is 9.53 Å². The molecule has 2 rings (SSSR count). The van der Waals surface area contributed by atoms with Gasteiger partial charge in [-0.3, -0.25) is 0 Å². The lowest BCUT2D eigenvalue weighted by atomic mass is 10.3. The quantitative estimate of drug-likeness (QED) is 0.769. The van der Waals surface area contributed by atoms with Crippen molar-refractivity contribution in [1.82, 2.24) is 24.7 Å². The molecule has 0 saturated heterocycles. The maximum absolute atomic E-state index is 12.5. The van der Waals surface area contributed by atoms with Crippen LogP contribution in [0.1, 0.15) is 13.8 Å². The van der Waals surface area contributed by atoms with Crippen molar-refractivity contribution in [3.8, 4) is 5.69 Å². The molecule has 0 N–H and O–H groups in total. The van der Waals surface area contributed by atoms with Crippen molar-refractivity contribution in [3.63, 3.8) is 0 Å². The van der Waals surface area contributed by atoms with Gasteiger partial charge in [0.15, 0.2) is 0 Å². The number of tetrazole rings is 1. The molecule has 0 unspecified atom stereocenters. The molecule has 0 radical (unpaired) electrons. The van der Waals surface area contributed by atoms with Crippen LogP contribution in [0.15, 0.2) is 29.1 Å². The molecule has 9 heteroatoms. The first kappa shape index (κ1) is 17.2. The lowest BCUT2D eigenvalue weighted by Gasteiger charge is -2.25. The fourth-order valence-electron chi connectivity index (χ4n) is 2.02. The van der Waals surface area contributed by atoms with E-state index in [0.29, 0.717) is 23.9 Å². The molecule has 124 valence electrons. The second-order valence-electron chi connectivity index (χ2n) is 5.13. The molecule has 0 saturated carbocycles. The Morgan fingerprint density at radius 1 is 1.39 bits per heavy atom. The summed E-state index contributed by atoms with van der Waals surface area (Å²) in [5.41, 5.74) is -0.213.